The molecule has 3 aromatic rings. The minimum absolute atomic E-state index is 0.111. The van der Waals surface area contributed by atoms with Crippen molar-refractivity contribution in [3.05, 3.63) is 62.9 Å². The molecule has 27 heavy (non-hydrogen) atoms. The van der Waals surface area contributed by atoms with Gasteiger partial charge in [0.15, 0.2) is 5.69 Å². The molecule has 0 saturated carbocycles. The van der Waals surface area contributed by atoms with Gasteiger partial charge in [0.1, 0.15) is 0 Å². The summed E-state index contributed by atoms with van der Waals surface area (Å²) in [7, 11) is 0. The number of nitrogens with zero attached hydrogens (tertiary/aromatic N) is 3. The Morgan fingerprint density at radius 3 is 2.85 bits per heavy atom. The fourth-order valence-electron chi connectivity index (χ4n) is 3.54. The molecule has 0 atom stereocenters. The van der Waals surface area contributed by atoms with E-state index in [2.05, 4.69) is 43.2 Å². The van der Waals surface area contributed by atoms with Crippen molar-refractivity contribution in [2.24, 2.45) is 0 Å². The number of fused-ring (bicyclic) bond motifs is 1. The SMILES string of the molecule is Cc1ccccc1-n1nc(C(=O)NCc2csc(C(C)C)n2)c2c1CCC2. The van der Waals surface area contributed by atoms with Crippen LogP contribution in [0.25, 0.3) is 5.69 Å². The quantitative estimate of drug-likeness (QED) is 0.722. The number of carbonyl (C=O) groups excluding carboxylic acids is 1. The van der Waals surface area contributed by atoms with Crippen LogP contribution < -0.4 is 5.32 Å². The van der Waals surface area contributed by atoms with E-state index in [9.17, 15) is 4.79 Å². The largest absolute Gasteiger partial charge is 0.345 e. The van der Waals surface area contributed by atoms with Crippen LogP contribution in [-0.4, -0.2) is 20.7 Å². The number of hydrogen-bond acceptors (Lipinski definition) is 4. The standard InChI is InChI=1S/C21H24N4OS/c1-13(2)21-23-15(12-27-21)11-22-20(26)19-16-8-6-10-18(16)25(24-19)17-9-5-4-7-14(17)3/h4-5,7,9,12-13H,6,8,10-11H2,1-3H3,(H,22,26). The van der Waals surface area contributed by atoms with Gasteiger partial charge in [0.2, 0.25) is 0 Å². The van der Waals surface area contributed by atoms with Crippen molar-refractivity contribution >= 4 is 17.2 Å². The van der Waals surface area contributed by atoms with Crippen molar-refractivity contribution in [2.45, 2.75) is 52.5 Å². The monoisotopic (exact) mass is 380 g/mol. The van der Waals surface area contributed by atoms with E-state index in [1.807, 2.05) is 22.2 Å². The number of aromatic nitrogens is 3. The van der Waals surface area contributed by atoms with Gasteiger partial charge in [-0.2, -0.15) is 5.10 Å². The van der Waals surface area contributed by atoms with Gasteiger partial charge in [0.05, 0.1) is 22.9 Å². The summed E-state index contributed by atoms with van der Waals surface area (Å²) >= 11 is 1.65. The van der Waals surface area contributed by atoms with E-state index in [0.717, 1.165) is 46.8 Å². The lowest BCUT2D eigenvalue weighted by Crippen LogP contribution is -2.24. The number of rotatable bonds is 5. The van der Waals surface area contributed by atoms with E-state index < -0.39 is 0 Å². The van der Waals surface area contributed by atoms with Crippen LogP contribution in [0.1, 0.15) is 64.2 Å². The van der Waals surface area contributed by atoms with Crippen molar-refractivity contribution in [3.8, 4) is 5.69 Å². The minimum Gasteiger partial charge on any atom is -0.345 e. The van der Waals surface area contributed by atoms with E-state index in [-0.39, 0.29) is 5.91 Å². The van der Waals surface area contributed by atoms with Gasteiger partial charge in [-0.1, -0.05) is 32.0 Å². The van der Waals surface area contributed by atoms with Crippen LogP contribution in [-0.2, 0) is 19.4 Å². The summed E-state index contributed by atoms with van der Waals surface area (Å²) < 4.78 is 1.96. The third kappa shape index (κ3) is 3.41. The number of carbonyl (C=O) groups is 1. The Morgan fingerprint density at radius 2 is 2.11 bits per heavy atom. The lowest BCUT2D eigenvalue weighted by atomic mass is 10.2. The smallest absolute Gasteiger partial charge is 0.272 e. The molecule has 1 amide bonds. The molecule has 0 radical (unpaired) electrons. The second-order valence-electron chi connectivity index (χ2n) is 7.34. The van der Waals surface area contributed by atoms with E-state index in [1.165, 1.54) is 5.69 Å². The van der Waals surface area contributed by atoms with Gasteiger partial charge in [-0.3, -0.25) is 4.79 Å². The minimum atomic E-state index is -0.111. The van der Waals surface area contributed by atoms with Crippen molar-refractivity contribution in [1.82, 2.24) is 20.1 Å². The molecule has 5 nitrogen and oxygen atoms in total. The predicted molar refractivity (Wildman–Crippen MR) is 108 cm³/mol. The molecule has 1 N–H and O–H groups in total. The van der Waals surface area contributed by atoms with Crippen molar-refractivity contribution in [3.63, 3.8) is 0 Å². The van der Waals surface area contributed by atoms with Gasteiger partial charge in [0.25, 0.3) is 5.91 Å². The lowest BCUT2D eigenvalue weighted by molar-refractivity contribution is 0.0944. The van der Waals surface area contributed by atoms with Crippen molar-refractivity contribution < 1.29 is 4.79 Å². The average molecular weight is 381 g/mol. The van der Waals surface area contributed by atoms with E-state index in [1.54, 1.807) is 11.3 Å². The van der Waals surface area contributed by atoms with Gasteiger partial charge in [-0.05, 0) is 37.8 Å². The predicted octanol–water partition coefficient (Wildman–Crippen LogP) is 4.18. The number of amides is 1. The zero-order chi connectivity index (χ0) is 19.0. The highest BCUT2D eigenvalue weighted by Crippen LogP contribution is 2.29. The Kier molecular flexibility index (Phi) is 4.83. The van der Waals surface area contributed by atoms with Crippen LogP contribution >= 0.6 is 11.3 Å². The van der Waals surface area contributed by atoms with E-state index >= 15 is 0 Å². The van der Waals surface area contributed by atoms with Gasteiger partial charge >= 0.3 is 0 Å². The van der Waals surface area contributed by atoms with E-state index in [4.69, 9.17) is 5.10 Å². The number of hydrogen-bond donors (Lipinski definition) is 1. The molecule has 1 aliphatic rings. The second-order valence-corrected chi connectivity index (χ2v) is 8.23. The molecule has 0 unspecified atom stereocenters. The Hall–Kier alpha value is -2.47. The topological polar surface area (TPSA) is 59.8 Å². The normalized spacial score (nSPS) is 13.2. The van der Waals surface area contributed by atoms with Gasteiger partial charge < -0.3 is 5.32 Å². The molecule has 2 heterocycles. The molecule has 4 rings (SSSR count). The maximum atomic E-state index is 12.8. The molecule has 1 aromatic carbocycles. The highest BCUT2D eigenvalue weighted by Gasteiger charge is 2.27. The Balaban J connectivity index is 1.57. The van der Waals surface area contributed by atoms with Crippen LogP contribution in [0.5, 0.6) is 0 Å². The molecule has 140 valence electrons. The molecular weight excluding hydrogens is 356 g/mol. The van der Waals surface area contributed by atoms with Crippen LogP contribution in [0.4, 0.5) is 0 Å². The molecular formula is C21H24N4OS. The van der Waals surface area contributed by atoms with Crippen LogP contribution in [0.15, 0.2) is 29.6 Å². The molecule has 6 heteroatoms. The summed E-state index contributed by atoms with van der Waals surface area (Å²) in [6.45, 7) is 6.77. The first-order chi connectivity index (χ1) is 13.0. The molecule has 0 spiro atoms. The second kappa shape index (κ2) is 7.27. The number of benzene rings is 1. The highest BCUT2D eigenvalue weighted by molar-refractivity contribution is 7.09. The fraction of sp³-hybridized carbons (Fsp3) is 0.381. The Labute approximate surface area is 163 Å². The van der Waals surface area contributed by atoms with Crippen LogP contribution in [0.3, 0.4) is 0 Å². The molecule has 0 saturated heterocycles. The van der Waals surface area contributed by atoms with Crippen LogP contribution in [0.2, 0.25) is 0 Å². The van der Waals surface area contributed by atoms with Gasteiger partial charge in [-0.25, -0.2) is 9.67 Å². The highest BCUT2D eigenvalue weighted by atomic mass is 32.1. The summed E-state index contributed by atoms with van der Waals surface area (Å²) in [5.41, 5.74) is 5.94. The molecule has 0 bridgehead atoms. The van der Waals surface area contributed by atoms with E-state index in [0.29, 0.717) is 18.2 Å². The molecule has 0 aliphatic heterocycles. The first-order valence-electron chi connectivity index (χ1n) is 9.44. The third-order valence-corrected chi connectivity index (χ3v) is 6.18. The Bertz CT molecular complexity index is 986. The number of para-hydroxylation sites is 1. The number of nitrogens with one attached hydrogen (secondary N) is 1. The Morgan fingerprint density at radius 1 is 1.30 bits per heavy atom. The first kappa shape index (κ1) is 17.9. The zero-order valence-electron chi connectivity index (χ0n) is 16.0. The van der Waals surface area contributed by atoms with Crippen molar-refractivity contribution in [2.75, 3.05) is 0 Å². The van der Waals surface area contributed by atoms with Crippen molar-refractivity contribution in [1.29, 1.82) is 0 Å². The summed E-state index contributed by atoms with van der Waals surface area (Å²) in [4.78, 5) is 17.4. The maximum absolute atomic E-state index is 12.8. The average Bonchev–Trinajstić information content (AvgIpc) is 3.36. The lowest BCUT2D eigenvalue weighted by Gasteiger charge is -2.08. The summed E-state index contributed by atoms with van der Waals surface area (Å²) in [5, 5.41) is 10.8. The summed E-state index contributed by atoms with van der Waals surface area (Å²) in [6.07, 6.45) is 2.95. The number of thiazole rings is 1. The van der Waals surface area contributed by atoms with Crippen LogP contribution in [0, 0.1) is 6.92 Å². The van der Waals surface area contributed by atoms with Gasteiger partial charge in [0, 0.05) is 22.6 Å². The van der Waals surface area contributed by atoms with Gasteiger partial charge in [-0.15, -0.1) is 11.3 Å². The summed E-state index contributed by atoms with van der Waals surface area (Å²) in [5.74, 6) is 0.298. The molecule has 2 aromatic heterocycles. The number of aryl methyl sites for hydroxylation is 1. The summed E-state index contributed by atoms with van der Waals surface area (Å²) in [6, 6.07) is 8.17. The molecule has 1 aliphatic carbocycles. The first-order valence-corrected chi connectivity index (χ1v) is 10.3. The fourth-order valence-corrected chi connectivity index (χ4v) is 4.38. The molecule has 0 fully saturated rings. The zero-order valence-corrected chi connectivity index (χ0v) is 16.8. The third-order valence-electron chi connectivity index (χ3n) is 4.98. The maximum Gasteiger partial charge on any atom is 0.272 e.